The van der Waals surface area contributed by atoms with Gasteiger partial charge in [-0.1, -0.05) is 11.6 Å². The molecule has 0 saturated carbocycles. The molecule has 0 fully saturated rings. The van der Waals surface area contributed by atoms with E-state index in [1.165, 1.54) is 6.20 Å². The minimum atomic E-state index is -1.18. The van der Waals surface area contributed by atoms with Gasteiger partial charge in [-0.25, -0.2) is 9.78 Å². The van der Waals surface area contributed by atoms with E-state index in [-0.39, 0.29) is 5.89 Å². The summed E-state index contributed by atoms with van der Waals surface area (Å²) in [7, 11) is 0. The fraction of sp³-hybridized carbons (Fsp3) is 0. The molecule has 4 nitrogen and oxygen atoms in total. The fourth-order valence-electron chi connectivity index (χ4n) is 1.12. The largest absolute Gasteiger partial charge is 0.474 e. The first-order valence-electron chi connectivity index (χ1n) is 4.12. The lowest BCUT2D eigenvalue weighted by molar-refractivity contribution is 0.0654. The Hall–Kier alpha value is -1.81. The van der Waals surface area contributed by atoms with Crippen molar-refractivity contribution in [3.63, 3.8) is 0 Å². The summed E-state index contributed by atoms with van der Waals surface area (Å²) < 4.78 is 5.02. The minimum absolute atomic E-state index is 0.319. The number of carboxylic acid groups (broad SMARTS) is 1. The molecule has 0 spiro atoms. The van der Waals surface area contributed by atoms with Crippen LogP contribution in [0, 0.1) is 0 Å². The Balaban J connectivity index is 2.37. The number of aromatic carboxylic acids is 1. The Morgan fingerprint density at radius 3 is 2.53 bits per heavy atom. The molecule has 0 aliphatic carbocycles. The second-order valence-corrected chi connectivity index (χ2v) is 3.28. The first-order valence-corrected chi connectivity index (χ1v) is 4.49. The third-order valence-corrected chi connectivity index (χ3v) is 2.07. The SMILES string of the molecule is O=C(O)c1ncc(-c2ccc(Cl)cc2)o1. The van der Waals surface area contributed by atoms with Gasteiger partial charge < -0.3 is 9.52 Å². The molecule has 0 aliphatic heterocycles. The highest BCUT2D eigenvalue weighted by atomic mass is 35.5. The third-order valence-electron chi connectivity index (χ3n) is 1.82. The van der Waals surface area contributed by atoms with Crippen molar-refractivity contribution in [3.8, 4) is 11.3 Å². The van der Waals surface area contributed by atoms with Crippen LogP contribution in [0.15, 0.2) is 34.9 Å². The number of hydrogen-bond donors (Lipinski definition) is 1. The van der Waals surface area contributed by atoms with Crippen LogP contribution in [0.3, 0.4) is 0 Å². The van der Waals surface area contributed by atoms with Gasteiger partial charge in [0.2, 0.25) is 0 Å². The number of benzene rings is 1. The Morgan fingerprint density at radius 2 is 2.00 bits per heavy atom. The van der Waals surface area contributed by atoms with E-state index < -0.39 is 5.97 Å². The normalized spacial score (nSPS) is 10.2. The number of halogens is 1. The maximum atomic E-state index is 10.5. The lowest BCUT2D eigenvalue weighted by Gasteiger charge is -1.94. The summed E-state index contributed by atoms with van der Waals surface area (Å²) in [4.78, 5) is 14.1. The first kappa shape index (κ1) is 9.73. The van der Waals surface area contributed by atoms with Crippen molar-refractivity contribution >= 4 is 17.6 Å². The second kappa shape index (κ2) is 3.74. The average molecular weight is 224 g/mol. The molecule has 0 aliphatic rings. The smallest absolute Gasteiger partial charge is 0.392 e. The Morgan fingerprint density at radius 1 is 1.33 bits per heavy atom. The standard InChI is InChI=1S/C10H6ClNO3/c11-7-3-1-6(2-4-7)8-5-12-9(15-8)10(13)14/h1-5H,(H,13,14). The van der Waals surface area contributed by atoms with Crippen LogP contribution in [0.25, 0.3) is 11.3 Å². The average Bonchev–Trinajstić information content (AvgIpc) is 2.68. The van der Waals surface area contributed by atoms with E-state index in [1.807, 2.05) is 0 Å². The van der Waals surface area contributed by atoms with Gasteiger partial charge in [-0.05, 0) is 24.3 Å². The summed E-state index contributed by atoms with van der Waals surface area (Å²) in [5, 5.41) is 9.22. The van der Waals surface area contributed by atoms with Crippen LogP contribution in [0.1, 0.15) is 10.7 Å². The van der Waals surface area contributed by atoms with Crippen molar-refractivity contribution in [1.82, 2.24) is 4.98 Å². The summed E-state index contributed by atoms with van der Waals surface area (Å²) >= 11 is 5.71. The van der Waals surface area contributed by atoms with Gasteiger partial charge in [-0.2, -0.15) is 0 Å². The number of hydrogen-bond acceptors (Lipinski definition) is 3. The molecule has 0 saturated heterocycles. The molecule has 5 heteroatoms. The van der Waals surface area contributed by atoms with Crippen molar-refractivity contribution in [2.75, 3.05) is 0 Å². The van der Waals surface area contributed by atoms with Gasteiger partial charge in [-0.3, -0.25) is 0 Å². The van der Waals surface area contributed by atoms with E-state index in [0.717, 1.165) is 5.56 Å². The highest BCUT2D eigenvalue weighted by Gasteiger charge is 2.11. The fourth-order valence-corrected chi connectivity index (χ4v) is 1.25. The van der Waals surface area contributed by atoms with Crippen LogP contribution in [0.4, 0.5) is 0 Å². The molecule has 0 atom stereocenters. The summed E-state index contributed by atoms with van der Waals surface area (Å²) in [5.41, 5.74) is 0.736. The summed E-state index contributed by atoms with van der Waals surface area (Å²) in [6, 6.07) is 6.85. The van der Waals surface area contributed by atoms with Crippen LogP contribution in [-0.2, 0) is 0 Å². The second-order valence-electron chi connectivity index (χ2n) is 2.84. The number of aromatic nitrogens is 1. The molecule has 1 N–H and O–H groups in total. The summed E-state index contributed by atoms with van der Waals surface area (Å²) in [6.45, 7) is 0. The van der Waals surface area contributed by atoms with Crippen molar-refractivity contribution in [2.24, 2.45) is 0 Å². The predicted molar refractivity (Wildman–Crippen MR) is 53.9 cm³/mol. The van der Waals surface area contributed by atoms with Crippen molar-refractivity contribution in [2.45, 2.75) is 0 Å². The lowest BCUT2D eigenvalue weighted by Crippen LogP contribution is -1.94. The van der Waals surface area contributed by atoms with E-state index in [1.54, 1.807) is 24.3 Å². The van der Waals surface area contributed by atoms with Gasteiger partial charge in [0.25, 0.3) is 0 Å². The zero-order chi connectivity index (χ0) is 10.8. The first-order chi connectivity index (χ1) is 7.16. The molecule has 15 heavy (non-hydrogen) atoms. The highest BCUT2D eigenvalue weighted by Crippen LogP contribution is 2.22. The van der Waals surface area contributed by atoms with Crippen LogP contribution in [-0.4, -0.2) is 16.1 Å². The van der Waals surface area contributed by atoms with Gasteiger partial charge in [0.15, 0.2) is 5.76 Å². The molecule has 76 valence electrons. The molecule has 0 amide bonds. The van der Waals surface area contributed by atoms with Crippen molar-refractivity contribution < 1.29 is 14.3 Å². The molecular formula is C10H6ClNO3. The van der Waals surface area contributed by atoms with Crippen LogP contribution >= 0.6 is 11.6 Å². The Labute approximate surface area is 90.1 Å². The minimum Gasteiger partial charge on any atom is -0.474 e. The van der Waals surface area contributed by atoms with Crippen LogP contribution in [0.5, 0.6) is 0 Å². The van der Waals surface area contributed by atoms with Crippen LogP contribution in [0.2, 0.25) is 5.02 Å². The molecule has 2 rings (SSSR count). The molecule has 0 radical (unpaired) electrons. The zero-order valence-corrected chi connectivity index (χ0v) is 8.23. The monoisotopic (exact) mass is 223 g/mol. The van der Waals surface area contributed by atoms with Gasteiger partial charge >= 0.3 is 11.9 Å². The van der Waals surface area contributed by atoms with E-state index in [9.17, 15) is 4.79 Å². The topological polar surface area (TPSA) is 63.3 Å². The summed E-state index contributed by atoms with van der Waals surface area (Å²) in [5.74, 6) is -1.10. The number of rotatable bonds is 2. The van der Waals surface area contributed by atoms with E-state index in [0.29, 0.717) is 10.8 Å². The number of carbonyl (C=O) groups is 1. The van der Waals surface area contributed by atoms with Gasteiger partial charge in [0, 0.05) is 10.6 Å². The molecule has 1 aromatic heterocycles. The van der Waals surface area contributed by atoms with E-state index >= 15 is 0 Å². The van der Waals surface area contributed by atoms with Crippen molar-refractivity contribution in [1.29, 1.82) is 0 Å². The van der Waals surface area contributed by atoms with E-state index in [4.69, 9.17) is 21.1 Å². The lowest BCUT2D eigenvalue weighted by atomic mass is 10.2. The van der Waals surface area contributed by atoms with E-state index in [2.05, 4.69) is 4.98 Å². The number of oxazole rings is 1. The molecule has 1 heterocycles. The molecule has 2 aromatic rings. The predicted octanol–water partition coefficient (Wildman–Crippen LogP) is 2.69. The van der Waals surface area contributed by atoms with Gasteiger partial charge in [-0.15, -0.1) is 0 Å². The molecular weight excluding hydrogens is 218 g/mol. The number of carboxylic acids is 1. The Bertz CT molecular complexity index is 490. The number of nitrogens with zero attached hydrogens (tertiary/aromatic N) is 1. The highest BCUT2D eigenvalue weighted by molar-refractivity contribution is 6.30. The quantitative estimate of drug-likeness (QED) is 0.850. The summed E-state index contributed by atoms with van der Waals surface area (Å²) in [6.07, 6.45) is 1.37. The maximum Gasteiger partial charge on any atom is 0.392 e. The molecule has 0 unspecified atom stereocenters. The zero-order valence-electron chi connectivity index (χ0n) is 7.48. The van der Waals surface area contributed by atoms with Crippen molar-refractivity contribution in [3.05, 3.63) is 41.4 Å². The third kappa shape index (κ3) is 1.99. The Kier molecular flexibility index (Phi) is 2.43. The molecule has 0 bridgehead atoms. The maximum absolute atomic E-state index is 10.5. The van der Waals surface area contributed by atoms with Gasteiger partial charge in [0.1, 0.15) is 0 Å². The molecule has 1 aromatic carbocycles. The van der Waals surface area contributed by atoms with Crippen LogP contribution < -0.4 is 0 Å². The van der Waals surface area contributed by atoms with Gasteiger partial charge in [0.05, 0.1) is 6.20 Å².